The highest BCUT2D eigenvalue weighted by Gasteiger charge is 1.97. The maximum Gasteiger partial charge on any atom is 0.135 e. The van der Waals surface area contributed by atoms with Crippen LogP contribution in [0.15, 0.2) is 12.3 Å². The summed E-state index contributed by atoms with van der Waals surface area (Å²) in [5, 5.41) is 8.68. The second-order valence-electron chi connectivity index (χ2n) is 2.08. The zero-order valence-corrected chi connectivity index (χ0v) is 5.91. The SMILES string of the molecule is C#Cc1ncc(CO)cc1N. The molecule has 1 rings (SSSR count). The van der Waals surface area contributed by atoms with E-state index in [0.717, 1.165) is 0 Å². The molecule has 0 aliphatic rings. The van der Waals surface area contributed by atoms with Gasteiger partial charge in [-0.15, -0.1) is 6.42 Å². The van der Waals surface area contributed by atoms with Crippen molar-refractivity contribution in [1.29, 1.82) is 0 Å². The molecule has 0 spiro atoms. The van der Waals surface area contributed by atoms with Gasteiger partial charge in [-0.2, -0.15) is 0 Å². The van der Waals surface area contributed by atoms with Crippen molar-refractivity contribution in [3.05, 3.63) is 23.5 Å². The number of nitrogens with zero attached hydrogens (tertiary/aromatic N) is 1. The van der Waals surface area contributed by atoms with Crippen LogP contribution >= 0.6 is 0 Å². The Balaban J connectivity index is 3.12. The van der Waals surface area contributed by atoms with Gasteiger partial charge in [-0.1, -0.05) is 0 Å². The molecule has 0 saturated carbocycles. The summed E-state index contributed by atoms with van der Waals surface area (Å²) >= 11 is 0. The highest BCUT2D eigenvalue weighted by Crippen LogP contribution is 2.09. The van der Waals surface area contributed by atoms with Crippen molar-refractivity contribution >= 4 is 5.69 Å². The molecule has 0 aliphatic carbocycles. The highest BCUT2D eigenvalue weighted by atomic mass is 16.3. The van der Waals surface area contributed by atoms with Crippen LogP contribution in [0.4, 0.5) is 5.69 Å². The van der Waals surface area contributed by atoms with E-state index in [9.17, 15) is 0 Å². The highest BCUT2D eigenvalue weighted by molar-refractivity contribution is 5.51. The van der Waals surface area contributed by atoms with E-state index in [1.165, 1.54) is 6.20 Å². The average Bonchev–Trinajstić information content (AvgIpc) is 2.04. The van der Waals surface area contributed by atoms with Crippen molar-refractivity contribution in [3.63, 3.8) is 0 Å². The summed E-state index contributed by atoms with van der Waals surface area (Å²) in [5.41, 5.74) is 7.01. The van der Waals surface area contributed by atoms with E-state index in [1.807, 2.05) is 0 Å². The third kappa shape index (κ3) is 1.48. The van der Waals surface area contributed by atoms with Crippen LogP contribution in [0, 0.1) is 12.3 Å². The van der Waals surface area contributed by atoms with E-state index in [4.69, 9.17) is 17.3 Å². The Labute approximate surface area is 64.9 Å². The smallest absolute Gasteiger partial charge is 0.135 e. The Kier molecular flexibility index (Phi) is 2.09. The van der Waals surface area contributed by atoms with Crippen molar-refractivity contribution in [2.75, 3.05) is 5.73 Å². The molecule has 0 aliphatic heterocycles. The maximum absolute atomic E-state index is 8.68. The van der Waals surface area contributed by atoms with Gasteiger partial charge in [0.2, 0.25) is 0 Å². The predicted molar refractivity (Wildman–Crippen MR) is 42.5 cm³/mol. The molecule has 3 heteroatoms. The number of nitrogens with two attached hydrogens (primary N) is 1. The summed E-state index contributed by atoms with van der Waals surface area (Å²) in [6.07, 6.45) is 6.59. The second-order valence-corrected chi connectivity index (χ2v) is 2.08. The topological polar surface area (TPSA) is 59.1 Å². The molecular formula is C8H8N2O. The Morgan fingerprint density at radius 3 is 2.91 bits per heavy atom. The largest absolute Gasteiger partial charge is 0.396 e. The standard InChI is InChI=1S/C8H8N2O/c1-2-8-7(9)3-6(5-11)4-10-8/h1,3-4,11H,5,9H2. The molecule has 3 N–H and O–H groups in total. The second kappa shape index (κ2) is 3.04. The zero-order valence-electron chi connectivity index (χ0n) is 5.91. The van der Waals surface area contributed by atoms with Gasteiger partial charge in [-0.05, 0) is 17.6 Å². The van der Waals surface area contributed by atoms with Crippen molar-refractivity contribution < 1.29 is 5.11 Å². The molecule has 3 nitrogen and oxygen atoms in total. The molecule has 11 heavy (non-hydrogen) atoms. The molecule has 0 amide bonds. The Hall–Kier alpha value is -1.53. The molecule has 1 aromatic heterocycles. The van der Waals surface area contributed by atoms with E-state index in [1.54, 1.807) is 6.07 Å². The molecule has 1 heterocycles. The molecular weight excluding hydrogens is 140 g/mol. The first-order chi connectivity index (χ1) is 5.27. The van der Waals surface area contributed by atoms with Gasteiger partial charge < -0.3 is 10.8 Å². The monoisotopic (exact) mass is 148 g/mol. The predicted octanol–water partition coefficient (Wildman–Crippen LogP) is 0.137. The van der Waals surface area contributed by atoms with E-state index in [0.29, 0.717) is 16.9 Å². The first-order valence-corrected chi connectivity index (χ1v) is 3.09. The number of hydrogen-bond acceptors (Lipinski definition) is 3. The minimum absolute atomic E-state index is 0.0674. The Bertz CT molecular complexity index is 301. The summed E-state index contributed by atoms with van der Waals surface area (Å²) in [4.78, 5) is 3.85. The number of terminal acetylenes is 1. The van der Waals surface area contributed by atoms with Crippen LogP contribution in [0.3, 0.4) is 0 Å². The lowest BCUT2D eigenvalue weighted by atomic mass is 10.2. The molecule has 0 fully saturated rings. The number of nitrogen functional groups attached to an aromatic ring is 1. The van der Waals surface area contributed by atoms with Gasteiger partial charge in [0.15, 0.2) is 0 Å². The lowest BCUT2D eigenvalue weighted by Crippen LogP contribution is -1.96. The van der Waals surface area contributed by atoms with Crippen LogP contribution < -0.4 is 5.73 Å². The number of pyridine rings is 1. The van der Waals surface area contributed by atoms with Crippen LogP contribution in [0.5, 0.6) is 0 Å². The molecule has 1 aromatic rings. The van der Waals surface area contributed by atoms with Gasteiger partial charge in [0.05, 0.1) is 12.3 Å². The summed E-state index contributed by atoms with van der Waals surface area (Å²) in [7, 11) is 0. The van der Waals surface area contributed by atoms with E-state index >= 15 is 0 Å². The number of rotatable bonds is 1. The number of aliphatic hydroxyl groups excluding tert-OH is 1. The Morgan fingerprint density at radius 2 is 2.45 bits per heavy atom. The number of hydrogen-bond donors (Lipinski definition) is 2. The minimum Gasteiger partial charge on any atom is -0.396 e. The molecule has 0 bridgehead atoms. The summed E-state index contributed by atoms with van der Waals surface area (Å²) in [5.74, 6) is 2.33. The number of aromatic nitrogens is 1. The molecule has 0 saturated heterocycles. The van der Waals surface area contributed by atoms with Gasteiger partial charge in [0.1, 0.15) is 5.69 Å². The van der Waals surface area contributed by atoms with Crippen molar-refractivity contribution in [1.82, 2.24) is 4.98 Å². The quantitative estimate of drug-likeness (QED) is 0.557. The first-order valence-electron chi connectivity index (χ1n) is 3.09. The van der Waals surface area contributed by atoms with E-state index in [-0.39, 0.29) is 6.61 Å². The lowest BCUT2D eigenvalue weighted by molar-refractivity contribution is 0.281. The summed E-state index contributed by atoms with van der Waals surface area (Å²) < 4.78 is 0. The van der Waals surface area contributed by atoms with Crippen molar-refractivity contribution in [3.8, 4) is 12.3 Å². The fourth-order valence-electron chi connectivity index (χ4n) is 0.734. The molecule has 56 valence electrons. The fourth-order valence-corrected chi connectivity index (χ4v) is 0.734. The third-order valence-corrected chi connectivity index (χ3v) is 1.29. The van der Waals surface area contributed by atoms with Gasteiger partial charge in [-0.3, -0.25) is 0 Å². The van der Waals surface area contributed by atoms with Crippen LogP contribution in [-0.4, -0.2) is 10.1 Å². The van der Waals surface area contributed by atoms with Crippen LogP contribution in [0.1, 0.15) is 11.3 Å². The van der Waals surface area contributed by atoms with Crippen molar-refractivity contribution in [2.45, 2.75) is 6.61 Å². The van der Waals surface area contributed by atoms with Gasteiger partial charge in [0.25, 0.3) is 0 Å². The molecule has 0 atom stereocenters. The van der Waals surface area contributed by atoms with Crippen LogP contribution in [-0.2, 0) is 6.61 Å². The number of anilines is 1. The average molecular weight is 148 g/mol. The normalized spacial score (nSPS) is 9.09. The van der Waals surface area contributed by atoms with Crippen LogP contribution in [0.2, 0.25) is 0 Å². The van der Waals surface area contributed by atoms with Gasteiger partial charge >= 0.3 is 0 Å². The van der Waals surface area contributed by atoms with Crippen molar-refractivity contribution in [2.24, 2.45) is 0 Å². The van der Waals surface area contributed by atoms with Crippen LogP contribution in [0.25, 0.3) is 0 Å². The summed E-state index contributed by atoms with van der Waals surface area (Å²) in [6, 6.07) is 1.61. The maximum atomic E-state index is 8.68. The minimum atomic E-state index is -0.0674. The fraction of sp³-hybridized carbons (Fsp3) is 0.125. The molecule has 0 radical (unpaired) electrons. The molecule has 0 aromatic carbocycles. The van der Waals surface area contributed by atoms with E-state index in [2.05, 4.69) is 10.9 Å². The van der Waals surface area contributed by atoms with Gasteiger partial charge in [-0.25, -0.2) is 4.98 Å². The van der Waals surface area contributed by atoms with E-state index < -0.39 is 0 Å². The zero-order chi connectivity index (χ0) is 8.27. The lowest BCUT2D eigenvalue weighted by Gasteiger charge is -1.99. The first kappa shape index (κ1) is 7.58. The Morgan fingerprint density at radius 1 is 1.73 bits per heavy atom. The third-order valence-electron chi connectivity index (χ3n) is 1.29. The van der Waals surface area contributed by atoms with Gasteiger partial charge in [0, 0.05) is 6.20 Å². The summed E-state index contributed by atoms with van der Waals surface area (Å²) in [6.45, 7) is -0.0674. The number of aliphatic hydroxyl groups is 1. The molecule has 0 unspecified atom stereocenters.